The maximum absolute atomic E-state index is 12.2. The van der Waals surface area contributed by atoms with E-state index in [0.717, 1.165) is 18.4 Å². The van der Waals surface area contributed by atoms with Crippen molar-refractivity contribution in [3.63, 3.8) is 0 Å². The molecule has 0 bridgehead atoms. The summed E-state index contributed by atoms with van der Waals surface area (Å²) in [6.45, 7) is 0.626. The molecule has 1 aromatic heterocycles. The van der Waals surface area contributed by atoms with Crippen molar-refractivity contribution < 1.29 is 9.59 Å². The van der Waals surface area contributed by atoms with Crippen molar-refractivity contribution in [3.8, 4) is 0 Å². The fourth-order valence-corrected chi connectivity index (χ4v) is 2.98. The van der Waals surface area contributed by atoms with E-state index >= 15 is 0 Å². The van der Waals surface area contributed by atoms with Crippen LogP contribution in [0.4, 0.5) is 5.69 Å². The largest absolute Gasteiger partial charge is 0.349 e. The fraction of sp³-hybridized carbons (Fsp3) is 0.238. The average molecular weight is 347 g/mol. The molecule has 132 valence electrons. The van der Waals surface area contributed by atoms with Crippen LogP contribution in [0.1, 0.15) is 29.6 Å². The van der Waals surface area contributed by atoms with E-state index < -0.39 is 0 Å². The predicted octanol–water partition coefficient (Wildman–Crippen LogP) is 3.56. The van der Waals surface area contributed by atoms with Gasteiger partial charge in [0, 0.05) is 42.0 Å². The molecule has 0 aliphatic heterocycles. The van der Waals surface area contributed by atoms with Gasteiger partial charge in [0.2, 0.25) is 5.91 Å². The van der Waals surface area contributed by atoms with Gasteiger partial charge in [-0.05, 0) is 54.6 Å². The molecule has 0 radical (unpaired) electrons. The van der Waals surface area contributed by atoms with Gasteiger partial charge in [0.1, 0.15) is 0 Å². The third-order valence-electron chi connectivity index (χ3n) is 4.60. The lowest BCUT2D eigenvalue weighted by molar-refractivity contribution is -0.116. The lowest BCUT2D eigenvalue weighted by Gasteiger charge is -2.08. The molecule has 3 aromatic rings. The Bertz CT molecular complexity index is 939. The number of nitrogens with zero attached hydrogens (tertiary/aromatic N) is 1. The molecule has 1 saturated carbocycles. The summed E-state index contributed by atoms with van der Waals surface area (Å²) in [5.41, 5.74) is 2.45. The highest BCUT2D eigenvalue weighted by atomic mass is 16.2. The van der Waals surface area contributed by atoms with Crippen LogP contribution in [-0.4, -0.2) is 22.4 Å². The van der Waals surface area contributed by atoms with Gasteiger partial charge in [-0.1, -0.05) is 18.2 Å². The number of amides is 2. The van der Waals surface area contributed by atoms with Crippen LogP contribution in [0.15, 0.2) is 60.8 Å². The molecule has 1 aliphatic carbocycles. The Balaban J connectivity index is 1.32. The van der Waals surface area contributed by atoms with Gasteiger partial charge < -0.3 is 15.2 Å². The second kappa shape index (κ2) is 7.04. The molecule has 26 heavy (non-hydrogen) atoms. The van der Waals surface area contributed by atoms with Gasteiger partial charge >= 0.3 is 0 Å². The van der Waals surface area contributed by atoms with E-state index in [-0.39, 0.29) is 11.8 Å². The van der Waals surface area contributed by atoms with E-state index in [2.05, 4.69) is 33.4 Å². The molecule has 0 atom stereocenters. The summed E-state index contributed by atoms with van der Waals surface area (Å²) in [5.74, 6) is -0.0946. The first-order chi connectivity index (χ1) is 12.7. The van der Waals surface area contributed by atoms with Crippen LogP contribution in [0.3, 0.4) is 0 Å². The number of fused-ring (bicyclic) bond motifs is 1. The van der Waals surface area contributed by atoms with Gasteiger partial charge in [-0.2, -0.15) is 0 Å². The topological polar surface area (TPSA) is 63.1 Å². The predicted molar refractivity (Wildman–Crippen MR) is 102 cm³/mol. The molecule has 2 aromatic carbocycles. The van der Waals surface area contributed by atoms with Crippen LogP contribution in [0.5, 0.6) is 0 Å². The Morgan fingerprint density at radius 1 is 1.00 bits per heavy atom. The standard InChI is InChI=1S/C21H21N3O2/c25-20(12-14-24-13-11-15-3-1-2-4-19(15)24)22-17-7-5-16(6-8-17)21(26)23-18-9-10-18/h1-8,11,13,18H,9-10,12,14H2,(H,22,25)(H,23,26). The van der Waals surface area contributed by atoms with Gasteiger partial charge in [-0.25, -0.2) is 0 Å². The number of carbonyl (C=O) groups excluding carboxylic acids is 2. The Morgan fingerprint density at radius 3 is 2.54 bits per heavy atom. The molecular weight excluding hydrogens is 326 g/mol. The summed E-state index contributed by atoms with van der Waals surface area (Å²) in [4.78, 5) is 24.2. The molecule has 0 saturated heterocycles. The van der Waals surface area contributed by atoms with Crippen LogP contribution < -0.4 is 10.6 Å². The maximum Gasteiger partial charge on any atom is 0.251 e. The zero-order valence-electron chi connectivity index (χ0n) is 14.4. The highest BCUT2D eigenvalue weighted by Gasteiger charge is 2.23. The van der Waals surface area contributed by atoms with E-state index in [1.54, 1.807) is 24.3 Å². The molecule has 1 fully saturated rings. The lowest BCUT2D eigenvalue weighted by atomic mass is 10.2. The zero-order chi connectivity index (χ0) is 17.9. The van der Waals surface area contributed by atoms with Gasteiger partial charge in [0.25, 0.3) is 5.91 Å². The van der Waals surface area contributed by atoms with Crippen molar-refractivity contribution >= 4 is 28.4 Å². The molecule has 2 N–H and O–H groups in total. The summed E-state index contributed by atoms with van der Waals surface area (Å²) in [6.07, 6.45) is 4.53. The first-order valence-corrected chi connectivity index (χ1v) is 8.94. The number of hydrogen-bond acceptors (Lipinski definition) is 2. The summed E-state index contributed by atoms with van der Waals surface area (Å²) >= 11 is 0. The Morgan fingerprint density at radius 2 is 1.77 bits per heavy atom. The van der Waals surface area contributed by atoms with Gasteiger partial charge in [0.15, 0.2) is 0 Å². The van der Waals surface area contributed by atoms with E-state index in [1.165, 1.54) is 5.39 Å². The number of rotatable bonds is 6. The maximum atomic E-state index is 12.2. The molecular formula is C21H21N3O2. The molecule has 5 nitrogen and oxygen atoms in total. The molecule has 1 aliphatic rings. The van der Waals surface area contributed by atoms with Crippen molar-refractivity contribution in [2.45, 2.75) is 31.8 Å². The number of carbonyl (C=O) groups is 2. The van der Waals surface area contributed by atoms with Crippen molar-refractivity contribution in [1.29, 1.82) is 0 Å². The van der Waals surface area contributed by atoms with E-state index in [1.807, 2.05) is 18.3 Å². The Kier molecular flexibility index (Phi) is 4.44. The minimum Gasteiger partial charge on any atom is -0.349 e. The summed E-state index contributed by atoms with van der Waals surface area (Å²) < 4.78 is 2.08. The first kappa shape index (κ1) is 16.4. The third kappa shape index (κ3) is 3.77. The zero-order valence-corrected chi connectivity index (χ0v) is 14.4. The first-order valence-electron chi connectivity index (χ1n) is 8.94. The number of benzene rings is 2. The van der Waals surface area contributed by atoms with Crippen LogP contribution in [0.2, 0.25) is 0 Å². The van der Waals surface area contributed by atoms with Crippen LogP contribution in [-0.2, 0) is 11.3 Å². The second-order valence-corrected chi connectivity index (χ2v) is 6.69. The number of aryl methyl sites for hydroxylation is 1. The SMILES string of the molecule is O=C(CCn1ccc2ccccc21)Nc1ccc(C(=O)NC2CC2)cc1. The fourth-order valence-electron chi connectivity index (χ4n) is 2.98. The number of aromatic nitrogens is 1. The highest BCUT2D eigenvalue weighted by molar-refractivity contribution is 5.96. The van der Waals surface area contributed by atoms with Crippen molar-refractivity contribution in [1.82, 2.24) is 9.88 Å². The molecule has 1 heterocycles. The van der Waals surface area contributed by atoms with Crippen molar-refractivity contribution in [3.05, 3.63) is 66.4 Å². The van der Waals surface area contributed by atoms with Crippen molar-refractivity contribution in [2.24, 2.45) is 0 Å². The molecule has 2 amide bonds. The number of para-hydroxylation sites is 1. The molecule has 5 heteroatoms. The Hall–Kier alpha value is -3.08. The van der Waals surface area contributed by atoms with E-state index in [9.17, 15) is 9.59 Å². The molecule has 0 spiro atoms. The molecule has 0 unspecified atom stereocenters. The minimum atomic E-state index is -0.0511. The number of hydrogen-bond donors (Lipinski definition) is 2. The average Bonchev–Trinajstić information content (AvgIpc) is 3.37. The quantitative estimate of drug-likeness (QED) is 0.716. The van der Waals surface area contributed by atoms with Gasteiger partial charge in [0.05, 0.1) is 0 Å². The Labute approximate surface area is 152 Å². The summed E-state index contributed by atoms with van der Waals surface area (Å²) in [5, 5.41) is 7.01. The van der Waals surface area contributed by atoms with Crippen molar-refractivity contribution in [2.75, 3.05) is 5.32 Å². The van der Waals surface area contributed by atoms with E-state index in [0.29, 0.717) is 30.3 Å². The summed E-state index contributed by atoms with van der Waals surface area (Å²) in [6, 6.07) is 17.5. The van der Waals surface area contributed by atoms with Crippen LogP contribution >= 0.6 is 0 Å². The number of nitrogens with one attached hydrogen (secondary N) is 2. The van der Waals surface area contributed by atoms with E-state index in [4.69, 9.17) is 0 Å². The monoisotopic (exact) mass is 347 g/mol. The van der Waals surface area contributed by atoms with Crippen LogP contribution in [0.25, 0.3) is 10.9 Å². The van der Waals surface area contributed by atoms with Gasteiger partial charge in [-0.15, -0.1) is 0 Å². The third-order valence-corrected chi connectivity index (χ3v) is 4.60. The molecule has 4 rings (SSSR count). The van der Waals surface area contributed by atoms with Gasteiger partial charge in [-0.3, -0.25) is 9.59 Å². The highest BCUT2D eigenvalue weighted by Crippen LogP contribution is 2.20. The lowest BCUT2D eigenvalue weighted by Crippen LogP contribution is -2.25. The summed E-state index contributed by atoms with van der Waals surface area (Å²) in [7, 11) is 0. The number of anilines is 1. The second-order valence-electron chi connectivity index (χ2n) is 6.69. The van der Waals surface area contributed by atoms with Crippen LogP contribution in [0, 0.1) is 0 Å². The normalized spacial score (nSPS) is 13.5. The minimum absolute atomic E-state index is 0.0436. The smallest absolute Gasteiger partial charge is 0.251 e.